The second-order valence-electron chi connectivity index (χ2n) is 5.47. The monoisotopic (exact) mass is 284 g/mol. The maximum atomic E-state index is 13.5. The number of aryl methyl sites for hydroxylation is 2. The molecule has 1 heterocycles. The normalized spacial score (nSPS) is 13.9. The largest absolute Gasteiger partial charge is 0.399 e. The Morgan fingerprint density at radius 2 is 2.05 bits per heavy atom. The lowest BCUT2D eigenvalue weighted by molar-refractivity contribution is 0.0984. The van der Waals surface area contributed by atoms with Crippen molar-refractivity contribution in [3.05, 3.63) is 58.9 Å². The summed E-state index contributed by atoms with van der Waals surface area (Å²) in [6.07, 6.45) is 1.83. The molecule has 0 radical (unpaired) electrons. The number of nitrogens with two attached hydrogens (primary N) is 1. The number of carbonyl (C=O) groups excluding carboxylic acids is 1. The number of hydrogen-bond donors (Lipinski definition) is 1. The number of fused-ring (bicyclic) bond motifs is 1. The Morgan fingerprint density at radius 1 is 1.24 bits per heavy atom. The molecule has 1 amide bonds. The quantitative estimate of drug-likeness (QED) is 0.817. The molecule has 0 aromatic heterocycles. The molecular weight excluding hydrogens is 267 g/mol. The van der Waals surface area contributed by atoms with Crippen molar-refractivity contribution in [3.8, 4) is 0 Å². The highest BCUT2D eigenvalue weighted by Crippen LogP contribution is 2.30. The molecule has 0 saturated carbocycles. The van der Waals surface area contributed by atoms with E-state index in [1.165, 1.54) is 12.1 Å². The van der Waals surface area contributed by atoms with Crippen LogP contribution in [0.4, 0.5) is 15.8 Å². The molecule has 108 valence electrons. The Balaban J connectivity index is 2.01. The Labute approximate surface area is 123 Å². The van der Waals surface area contributed by atoms with E-state index in [-0.39, 0.29) is 11.7 Å². The summed E-state index contributed by atoms with van der Waals surface area (Å²) < 4.78 is 13.5. The predicted octanol–water partition coefficient (Wildman–Crippen LogP) is 3.31. The zero-order chi connectivity index (χ0) is 15.0. The van der Waals surface area contributed by atoms with Crippen molar-refractivity contribution in [2.75, 3.05) is 17.2 Å². The summed E-state index contributed by atoms with van der Waals surface area (Å²) >= 11 is 0. The van der Waals surface area contributed by atoms with Crippen LogP contribution < -0.4 is 10.6 Å². The molecule has 0 bridgehead atoms. The summed E-state index contributed by atoms with van der Waals surface area (Å²) in [5, 5.41) is 0. The fourth-order valence-electron chi connectivity index (χ4n) is 2.82. The number of anilines is 2. The van der Waals surface area contributed by atoms with Crippen LogP contribution >= 0.6 is 0 Å². The van der Waals surface area contributed by atoms with E-state index >= 15 is 0 Å². The highest BCUT2D eigenvalue weighted by molar-refractivity contribution is 6.07. The summed E-state index contributed by atoms with van der Waals surface area (Å²) in [6, 6.07) is 10.0. The standard InChI is InChI=1S/C17H17FN2O/c1-11-7-13(9-14(18)8-11)17(21)20-6-2-3-12-4-5-15(19)10-16(12)20/h4-5,7-10H,2-3,6,19H2,1H3. The lowest BCUT2D eigenvalue weighted by Gasteiger charge is -2.30. The van der Waals surface area contributed by atoms with Gasteiger partial charge < -0.3 is 10.6 Å². The minimum Gasteiger partial charge on any atom is -0.399 e. The molecule has 21 heavy (non-hydrogen) atoms. The van der Waals surface area contributed by atoms with Crippen molar-refractivity contribution in [1.82, 2.24) is 0 Å². The topological polar surface area (TPSA) is 46.3 Å². The Bertz CT molecular complexity index is 692. The molecule has 0 atom stereocenters. The molecule has 4 heteroatoms. The van der Waals surface area contributed by atoms with E-state index in [2.05, 4.69) is 0 Å². The van der Waals surface area contributed by atoms with Crippen LogP contribution in [0.5, 0.6) is 0 Å². The van der Waals surface area contributed by atoms with Crippen LogP contribution in [-0.4, -0.2) is 12.5 Å². The molecule has 0 saturated heterocycles. The third-order valence-electron chi connectivity index (χ3n) is 3.76. The molecule has 2 aromatic rings. The van der Waals surface area contributed by atoms with Crippen LogP contribution in [0, 0.1) is 12.7 Å². The van der Waals surface area contributed by atoms with Crippen molar-refractivity contribution in [2.24, 2.45) is 0 Å². The number of nitrogens with zero attached hydrogens (tertiary/aromatic N) is 1. The minimum absolute atomic E-state index is 0.177. The first-order chi connectivity index (χ1) is 10.0. The van der Waals surface area contributed by atoms with E-state index in [9.17, 15) is 9.18 Å². The predicted molar refractivity (Wildman–Crippen MR) is 82.0 cm³/mol. The molecule has 2 aromatic carbocycles. The second-order valence-corrected chi connectivity index (χ2v) is 5.47. The molecule has 3 rings (SSSR count). The number of carbonyl (C=O) groups is 1. The molecular formula is C17H17FN2O. The molecule has 1 aliphatic heterocycles. The molecule has 0 aliphatic carbocycles. The third-order valence-corrected chi connectivity index (χ3v) is 3.76. The van der Waals surface area contributed by atoms with Crippen molar-refractivity contribution in [1.29, 1.82) is 0 Å². The SMILES string of the molecule is Cc1cc(F)cc(C(=O)N2CCCc3ccc(N)cc32)c1. The van der Waals surface area contributed by atoms with Gasteiger partial charge in [0.25, 0.3) is 5.91 Å². The minimum atomic E-state index is -0.386. The first-order valence-corrected chi connectivity index (χ1v) is 7.02. The van der Waals surface area contributed by atoms with Gasteiger partial charge in [0.2, 0.25) is 0 Å². The van der Waals surface area contributed by atoms with E-state index in [0.717, 1.165) is 29.7 Å². The highest BCUT2D eigenvalue weighted by atomic mass is 19.1. The molecule has 2 N–H and O–H groups in total. The zero-order valence-corrected chi connectivity index (χ0v) is 11.9. The average Bonchev–Trinajstić information content (AvgIpc) is 2.44. The maximum Gasteiger partial charge on any atom is 0.258 e. The Hall–Kier alpha value is -2.36. The molecule has 0 unspecified atom stereocenters. The summed E-state index contributed by atoms with van der Waals surface area (Å²) in [6.45, 7) is 2.41. The molecule has 1 aliphatic rings. The van der Waals surface area contributed by atoms with E-state index < -0.39 is 0 Å². The van der Waals surface area contributed by atoms with Crippen LogP contribution in [0.1, 0.15) is 27.9 Å². The number of halogens is 1. The van der Waals surface area contributed by atoms with Crippen molar-refractivity contribution >= 4 is 17.3 Å². The van der Waals surface area contributed by atoms with Crippen LogP contribution in [0.15, 0.2) is 36.4 Å². The Kier molecular flexibility index (Phi) is 3.37. The van der Waals surface area contributed by atoms with Gasteiger partial charge in [0.15, 0.2) is 0 Å². The van der Waals surface area contributed by atoms with Gasteiger partial charge in [-0.05, 0) is 61.2 Å². The van der Waals surface area contributed by atoms with Crippen LogP contribution in [0.3, 0.4) is 0 Å². The summed E-state index contributed by atoms with van der Waals surface area (Å²) in [5.74, 6) is -0.563. The van der Waals surface area contributed by atoms with E-state index in [0.29, 0.717) is 17.8 Å². The maximum absolute atomic E-state index is 13.5. The number of benzene rings is 2. The van der Waals surface area contributed by atoms with Gasteiger partial charge in [0.05, 0.1) is 0 Å². The summed E-state index contributed by atoms with van der Waals surface area (Å²) in [5.41, 5.74) is 9.53. The van der Waals surface area contributed by atoms with Crippen molar-refractivity contribution in [2.45, 2.75) is 19.8 Å². The van der Waals surface area contributed by atoms with Gasteiger partial charge >= 0.3 is 0 Å². The van der Waals surface area contributed by atoms with Gasteiger partial charge in [-0.3, -0.25) is 4.79 Å². The van der Waals surface area contributed by atoms with Gasteiger partial charge in [0.1, 0.15) is 5.82 Å². The van der Waals surface area contributed by atoms with Gasteiger partial charge in [-0.25, -0.2) is 4.39 Å². The molecule has 0 fully saturated rings. The molecule has 0 spiro atoms. The van der Waals surface area contributed by atoms with Gasteiger partial charge in [-0.1, -0.05) is 6.07 Å². The lowest BCUT2D eigenvalue weighted by Crippen LogP contribution is -2.35. The fourth-order valence-corrected chi connectivity index (χ4v) is 2.82. The van der Waals surface area contributed by atoms with Gasteiger partial charge in [-0.2, -0.15) is 0 Å². The van der Waals surface area contributed by atoms with Crippen molar-refractivity contribution < 1.29 is 9.18 Å². The summed E-state index contributed by atoms with van der Waals surface area (Å²) in [7, 11) is 0. The van der Waals surface area contributed by atoms with E-state index in [1.54, 1.807) is 17.9 Å². The Morgan fingerprint density at radius 3 is 2.81 bits per heavy atom. The van der Waals surface area contributed by atoms with Crippen LogP contribution in [0.2, 0.25) is 0 Å². The van der Waals surface area contributed by atoms with Gasteiger partial charge in [0, 0.05) is 23.5 Å². The number of amides is 1. The number of nitrogen functional groups attached to an aromatic ring is 1. The third kappa shape index (κ3) is 2.61. The fraction of sp³-hybridized carbons (Fsp3) is 0.235. The first-order valence-electron chi connectivity index (χ1n) is 7.02. The molecule has 3 nitrogen and oxygen atoms in total. The van der Waals surface area contributed by atoms with Crippen LogP contribution in [-0.2, 0) is 6.42 Å². The number of hydrogen-bond acceptors (Lipinski definition) is 2. The lowest BCUT2D eigenvalue weighted by atomic mass is 10.00. The van der Waals surface area contributed by atoms with E-state index in [1.807, 2.05) is 18.2 Å². The highest BCUT2D eigenvalue weighted by Gasteiger charge is 2.24. The van der Waals surface area contributed by atoms with Crippen molar-refractivity contribution in [3.63, 3.8) is 0 Å². The second kappa shape index (κ2) is 5.20. The van der Waals surface area contributed by atoms with Crippen LogP contribution in [0.25, 0.3) is 0 Å². The van der Waals surface area contributed by atoms with E-state index in [4.69, 9.17) is 5.73 Å². The first kappa shape index (κ1) is 13.6. The smallest absolute Gasteiger partial charge is 0.258 e. The average molecular weight is 284 g/mol. The zero-order valence-electron chi connectivity index (χ0n) is 11.9. The summed E-state index contributed by atoms with van der Waals surface area (Å²) in [4.78, 5) is 14.4. The number of rotatable bonds is 1. The van der Waals surface area contributed by atoms with Gasteiger partial charge in [-0.15, -0.1) is 0 Å².